The smallest absolute Gasteiger partial charge is 0.334 e. The molecule has 0 radical (unpaired) electrons. The van der Waals surface area contributed by atoms with Gasteiger partial charge in [0, 0.05) is 40.9 Å². The first-order valence-corrected chi connectivity index (χ1v) is 15.0. The van der Waals surface area contributed by atoms with Crippen molar-refractivity contribution in [2.75, 3.05) is 30.4 Å². The van der Waals surface area contributed by atoms with Crippen molar-refractivity contribution in [1.82, 2.24) is 20.2 Å². The van der Waals surface area contributed by atoms with E-state index in [2.05, 4.69) is 26.7 Å². The lowest BCUT2D eigenvalue weighted by Gasteiger charge is -2.20. The molecule has 0 bridgehead atoms. The highest BCUT2D eigenvalue weighted by Crippen LogP contribution is 2.44. The predicted octanol–water partition coefficient (Wildman–Crippen LogP) is 6.05. The van der Waals surface area contributed by atoms with Gasteiger partial charge in [0.25, 0.3) is 5.91 Å². The molecule has 2 aliphatic heterocycles. The van der Waals surface area contributed by atoms with E-state index >= 15 is 0 Å². The summed E-state index contributed by atoms with van der Waals surface area (Å²) in [6.45, 7) is 2.33. The Morgan fingerprint density at radius 3 is 2.81 bits per heavy atom. The highest BCUT2D eigenvalue weighted by atomic mass is 32.2. The quantitative estimate of drug-likeness (QED) is 0.367. The van der Waals surface area contributed by atoms with E-state index in [9.17, 15) is 18.0 Å². The third-order valence-electron chi connectivity index (χ3n) is 6.71. The average molecular weight is 564 g/mol. The second kappa shape index (κ2) is 9.79. The number of hydrogen-bond acceptors (Lipinski definition) is 8. The van der Waals surface area contributed by atoms with Crippen molar-refractivity contribution in [3.63, 3.8) is 0 Å². The van der Waals surface area contributed by atoms with E-state index in [4.69, 9.17) is 0 Å². The number of carbonyl (C=O) groups excluding carboxylic acids is 1. The van der Waals surface area contributed by atoms with Crippen molar-refractivity contribution >= 4 is 52.4 Å². The van der Waals surface area contributed by atoms with E-state index in [1.165, 1.54) is 22.9 Å². The van der Waals surface area contributed by atoms with E-state index in [0.29, 0.717) is 16.3 Å². The van der Waals surface area contributed by atoms with Gasteiger partial charge in [-0.1, -0.05) is 0 Å². The third kappa shape index (κ3) is 4.96. The number of benzene rings is 1. The normalized spacial score (nSPS) is 17.8. The molecule has 0 atom stereocenters. The summed E-state index contributed by atoms with van der Waals surface area (Å²) < 4.78 is 42.0. The highest BCUT2D eigenvalue weighted by Gasteiger charge is 2.39. The molecule has 3 aliphatic rings. The van der Waals surface area contributed by atoms with Crippen molar-refractivity contribution in [3.05, 3.63) is 46.0 Å². The molecule has 6 nitrogen and oxygen atoms in total. The van der Waals surface area contributed by atoms with Gasteiger partial charge in [-0.3, -0.25) is 4.79 Å². The fourth-order valence-electron chi connectivity index (χ4n) is 4.70. The lowest BCUT2D eigenvalue weighted by atomic mass is 10.0. The van der Waals surface area contributed by atoms with Gasteiger partial charge in [0.15, 0.2) is 0 Å². The molecule has 12 heteroatoms. The van der Waals surface area contributed by atoms with Crippen molar-refractivity contribution in [1.29, 1.82) is 0 Å². The maximum atomic E-state index is 14.0. The van der Waals surface area contributed by atoms with Crippen LogP contribution in [-0.4, -0.2) is 51.9 Å². The zero-order chi connectivity index (χ0) is 25.7. The summed E-state index contributed by atoms with van der Waals surface area (Å²) in [5, 5.41) is 6.53. The van der Waals surface area contributed by atoms with Gasteiger partial charge in [-0.15, -0.1) is 34.9 Å². The summed E-state index contributed by atoms with van der Waals surface area (Å²) in [5.41, 5.74) is 2.07. The number of thiophene rings is 1. The lowest BCUT2D eigenvalue weighted by molar-refractivity contribution is -0.137. The van der Waals surface area contributed by atoms with E-state index < -0.39 is 11.7 Å². The van der Waals surface area contributed by atoms with Crippen LogP contribution in [0.1, 0.15) is 39.2 Å². The van der Waals surface area contributed by atoms with Crippen LogP contribution in [0.15, 0.2) is 34.2 Å². The van der Waals surface area contributed by atoms with Crippen LogP contribution in [0.25, 0.3) is 10.6 Å². The van der Waals surface area contributed by atoms with Gasteiger partial charge >= 0.3 is 6.18 Å². The van der Waals surface area contributed by atoms with Crippen molar-refractivity contribution in [2.24, 2.45) is 0 Å². The monoisotopic (exact) mass is 563 g/mol. The Kier molecular flexibility index (Phi) is 6.62. The highest BCUT2D eigenvalue weighted by molar-refractivity contribution is 7.99. The number of amides is 1. The first kappa shape index (κ1) is 25.0. The summed E-state index contributed by atoms with van der Waals surface area (Å²) >= 11 is 4.16. The Balaban J connectivity index is 1.39. The molecule has 1 saturated carbocycles. The first-order valence-electron chi connectivity index (χ1n) is 12.0. The molecule has 0 unspecified atom stereocenters. The standard InChI is InChI=1S/C25H24F3N5OS3/c1-35-18-9-14-11-29-5-4-13(14)8-17(18)31-24-30-12-16(25(26,27)28)21(32-24)19-10-20-22(37-19)23(34)33(6-7-36-20)15-2-3-15/h8-10,12,15,29H,2-7,11H2,1H3,(H,30,31,32). The number of thioether (sulfide) groups is 2. The Labute approximate surface area is 224 Å². The maximum absolute atomic E-state index is 14.0. The molecular formula is C25H24F3N5OS3. The molecule has 0 spiro atoms. The SMILES string of the molecule is CSc1cc2c(cc1Nc1ncc(C(F)(F)F)c(-c3cc4c(s3)C(=O)N(C3CC3)CCS4)n1)CCNC2. The van der Waals surface area contributed by atoms with E-state index in [0.717, 1.165) is 71.1 Å². The third-order valence-corrected chi connectivity index (χ3v) is 9.77. The zero-order valence-electron chi connectivity index (χ0n) is 19.9. The number of aromatic nitrogens is 2. The number of fused-ring (bicyclic) bond motifs is 2. The first-order chi connectivity index (χ1) is 17.8. The van der Waals surface area contributed by atoms with Crippen LogP contribution in [0.3, 0.4) is 0 Å². The number of anilines is 2. The minimum atomic E-state index is -4.63. The average Bonchev–Trinajstić information content (AvgIpc) is 3.65. The second-order valence-corrected chi connectivity index (χ2v) is 12.2. The van der Waals surface area contributed by atoms with Crippen molar-refractivity contribution < 1.29 is 18.0 Å². The molecule has 3 aromatic rings. The fraction of sp³-hybridized carbons (Fsp3) is 0.400. The molecule has 2 aromatic heterocycles. The van der Waals surface area contributed by atoms with E-state index in [1.54, 1.807) is 17.8 Å². The van der Waals surface area contributed by atoms with Crippen LogP contribution in [0.2, 0.25) is 0 Å². The second-order valence-electron chi connectivity index (χ2n) is 9.21. The summed E-state index contributed by atoms with van der Waals surface area (Å²) in [6.07, 6.45) is 1.02. The van der Waals surface area contributed by atoms with Crippen LogP contribution >= 0.6 is 34.9 Å². The molecule has 6 rings (SSSR count). The molecule has 1 fully saturated rings. The number of nitrogens with one attached hydrogen (secondary N) is 2. The largest absolute Gasteiger partial charge is 0.420 e. The maximum Gasteiger partial charge on any atom is 0.420 e. The van der Waals surface area contributed by atoms with Gasteiger partial charge in [0.2, 0.25) is 5.95 Å². The van der Waals surface area contributed by atoms with E-state index in [1.807, 2.05) is 17.2 Å². The van der Waals surface area contributed by atoms with Crippen LogP contribution in [0.4, 0.5) is 24.8 Å². The molecular weight excluding hydrogens is 540 g/mol. The molecule has 37 heavy (non-hydrogen) atoms. The lowest BCUT2D eigenvalue weighted by Crippen LogP contribution is -2.33. The van der Waals surface area contributed by atoms with Crippen LogP contribution in [-0.2, 0) is 19.1 Å². The van der Waals surface area contributed by atoms with Crippen molar-refractivity contribution in [3.8, 4) is 10.6 Å². The van der Waals surface area contributed by atoms with Gasteiger partial charge in [0.1, 0.15) is 10.4 Å². The topological polar surface area (TPSA) is 70.2 Å². The van der Waals surface area contributed by atoms with Gasteiger partial charge in [-0.2, -0.15) is 13.2 Å². The van der Waals surface area contributed by atoms with Crippen molar-refractivity contribution in [2.45, 2.75) is 47.8 Å². The molecule has 0 saturated heterocycles. The predicted molar refractivity (Wildman–Crippen MR) is 142 cm³/mol. The van der Waals surface area contributed by atoms with Crippen LogP contribution in [0, 0.1) is 0 Å². The molecule has 194 valence electrons. The Morgan fingerprint density at radius 2 is 2.05 bits per heavy atom. The van der Waals surface area contributed by atoms with Gasteiger partial charge in [-0.05, 0) is 61.4 Å². The Morgan fingerprint density at radius 1 is 1.22 bits per heavy atom. The number of alkyl halides is 3. The van der Waals surface area contributed by atoms with Crippen LogP contribution in [0.5, 0.6) is 0 Å². The fourth-order valence-corrected chi connectivity index (χ4v) is 7.61. The molecule has 2 N–H and O–H groups in total. The number of nitrogens with zero attached hydrogens (tertiary/aromatic N) is 3. The van der Waals surface area contributed by atoms with E-state index in [-0.39, 0.29) is 23.6 Å². The number of halogens is 3. The molecule has 1 aliphatic carbocycles. The van der Waals surface area contributed by atoms with Gasteiger partial charge in [0.05, 0.1) is 16.3 Å². The number of rotatable bonds is 5. The summed E-state index contributed by atoms with van der Waals surface area (Å²) in [5.74, 6) is 0.724. The minimum Gasteiger partial charge on any atom is -0.334 e. The summed E-state index contributed by atoms with van der Waals surface area (Å²) in [6, 6.07) is 6.07. The van der Waals surface area contributed by atoms with Gasteiger partial charge < -0.3 is 15.5 Å². The number of hydrogen-bond donors (Lipinski definition) is 2. The van der Waals surface area contributed by atoms with Gasteiger partial charge in [-0.25, -0.2) is 9.97 Å². The molecule has 4 heterocycles. The zero-order valence-corrected chi connectivity index (χ0v) is 22.4. The molecule has 1 aromatic carbocycles. The summed E-state index contributed by atoms with van der Waals surface area (Å²) in [4.78, 5) is 26.0. The number of carbonyl (C=O) groups is 1. The van der Waals surface area contributed by atoms with Crippen LogP contribution < -0.4 is 10.6 Å². The molecule has 1 amide bonds. The Hall–Kier alpha value is -2.28. The Bertz CT molecular complexity index is 1370. The summed E-state index contributed by atoms with van der Waals surface area (Å²) in [7, 11) is 0. The minimum absolute atomic E-state index is 0.0899.